The van der Waals surface area contributed by atoms with E-state index in [0.29, 0.717) is 6.42 Å². The molecule has 1 N–H and O–H groups in total. The summed E-state index contributed by atoms with van der Waals surface area (Å²) in [6.45, 7) is 0. The maximum atomic E-state index is 13.3. The molecule has 2 rings (SSSR count). The van der Waals surface area contributed by atoms with Crippen molar-refractivity contribution in [2.75, 3.05) is 7.05 Å². The number of benzene rings is 1. The lowest BCUT2D eigenvalue weighted by molar-refractivity contribution is 0.567. The quantitative estimate of drug-likeness (QED) is 0.928. The van der Waals surface area contributed by atoms with Crippen LogP contribution in [0.4, 0.5) is 8.78 Å². The van der Waals surface area contributed by atoms with E-state index >= 15 is 0 Å². The molecule has 5 heteroatoms. The minimum atomic E-state index is -0.379. The summed E-state index contributed by atoms with van der Waals surface area (Å²) in [6.07, 6.45) is 3.31. The third-order valence-corrected chi connectivity index (χ3v) is 3.68. The van der Waals surface area contributed by atoms with Crippen LogP contribution in [-0.2, 0) is 6.42 Å². The van der Waals surface area contributed by atoms with Gasteiger partial charge in [-0.2, -0.15) is 0 Å². The summed E-state index contributed by atoms with van der Waals surface area (Å²) in [5.74, 6) is -0.665. The average molecular weight is 327 g/mol. The zero-order chi connectivity index (χ0) is 13.8. The van der Waals surface area contributed by atoms with Crippen molar-refractivity contribution in [1.82, 2.24) is 10.3 Å². The lowest BCUT2D eigenvalue weighted by Crippen LogP contribution is -2.19. The van der Waals surface area contributed by atoms with E-state index in [1.807, 2.05) is 0 Å². The largest absolute Gasteiger partial charge is 0.313 e. The fourth-order valence-electron chi connectivity index (χ4n) is 1.93. The minimum Gasteiger partial charge on any atom is -0.313 e. The number of nitrogens with one attached hydrogen (secondary N) is 1. The van der Waals surface area contributed by atoms with E-state index in [-0.39, 0.29) is 17.7 Å². The van der Waals surface area contributed by atoms with Crippen LogP contribution >= 0.6 is 15.9 Å². The summed E-state index contributed by atoms with van der Waals surface area (Å²) in [4.78, 5) is 3.83. The Morgan fingerprint density at radius 2 is 2.00 bits per heavy atom. The van der Waals surface area contributed by atoms with Crippen LogP contribution in [0.15, 0.2) is 41.1 Å². The standard InChI is InChI=1S/C14H13BrF2N2/c1-18-14(10-5-12(17)8-19-7-10)6-9-4-11(16)2-3-13(9)15/h2-5,7-8,14,18H,6H2,1H3. The number of pyridine rings is 1. The van der Waals surface area contributed by atoms with Gasteiger partial charge < -0.3 is 5.32 Å². The van der Waals surface area contributed by atoms with Gasteiger partial charge in [-0.25, -0.2) is 8.78 Å². The fraction of sp³-hybridized carbons (Fsp3) is 0.214. The Balaban J connectivity index is 2.26. The number of nitrogens with zero attached hydrogens (tertiary/aromatic N) is 1. The molecule has 1 atom stereocenters. The zero-order valence-electron chi connectivity index (χ0n) is 10.3. The Morgan fingerprint density at radius 1 is 1.21 bits per heavy atom. The van der Waals surface area contributed by atoms with Crippen LogP contribution < -0.4 is 5.32 Å². The van der Waals surface area contributed by atoms with Gasteiger partial charge in [-0.3, -0.25) is 4.98 Å². The molecule has 0 bridgehead atoms. The molecule has 0 aliphatic carbocycles. The van der Waals surface area contributed by atoms with Gasteiger partial charge in [-0.05, 0) is 48.9 Å². The van der Waals surface area contributed by atoms with Gasteiger partial charge in [-0.1, -0.05) is 15.9 Å². The van der Waals surface area contributed by atoms with Gasteiger partial charge in [-0.15, -0.1) is 0 Å². The van der Waals surface area contributed by atoms with Crippen LogP contribution in [0, 0.1) is 11.6 Å². The smallest absolute Gasteiger partial charge is 0.141 e. The monoisotopic (exact) mass is 326 g/mol. The normalized spacial score (nSPS) is 12.4. The summed E-state index contributed by atoms with van der Waals surface area (Å²) < 4.78 is 27.3. The molecule has 0 aliphatic rings. The summed E-state index contributed by atoms with van der Waals surface area (Å²) in [7, 11) is 1.78. The summed E-state index contributed by atoms with van der Waals surface area (Å²) in [5, 5.41) is 3.09. The topological polar surface area (TPSA) is 24.9 Å². The molecule has 1 aromatic carbocycles. The van der Waals surface area contributed by atoms with E-state index in [9.17, 15) is 8.78 Å². The molecule has 0 saturated carbocycles. The van der Waals surface area contributed by atoms with Crippen molar-refractivity contribution in [1.29, 1.82) is 0 Å². The summed E-state index contributed by atoms with van der Waals surface area (Å²) in [6, 6.07) is 5.84. The number of hydrogen-bond donors (Lipinski definition) is 1. The molecule has 0 radical (unpaired) electrons. The van der Waals surface area contributed by atoms with Crippen LogP contribution in [0.5, 0.6) is 0 Å². The third kappa shape index (κ3) is 3.58. The fourth-order valence-corrected chi connectivity index (χ4v) is 2.33. The van der Waals surface area contributed by atoms with Crippen molar-refractivity contribution >= 4 is 15.9 Å². The van der Waals surface area contributed by atoms with Crippen molar-refractivity contribution in [3.8, 4) is 0 Å². The summed E-state index contributed by atoms with van der Waals surface area (Å²) >= 11 is 3.39. The molecule has 2 aromatic rings. The Morgan fingerprint density at radius 3 is 2.68 bits per heavy atom. The molecule has 100 valence electrons. The maximum absolute atomic E-state index is 13.3. The van der Waals surface area contributed by atoms with Gasteiger partial charge in [0, 0.05) is 16.7 Å². The first-order valence-electron chi connectivity index (χ1n) is 5.82. The first kappa shape index (κ1) is 14.1. The Hall–Kier alpha value is -1.33. The highest BCUT2D eigenvalue weighted by molar-refractivity contribution is 9.10. The number of hydrogen-bond acceptors (Lipinski definition) is 2. The second-order valence-electron chi connectivity index (χ2n) is 4.22. The maximum Gasteiger partial charge on any atom is 0.141 e. The van der Waals surface area contributed by atoms with Crippen LogP contribution in [0.3, 0.4) is 0 Å². The average Bonchev–Trinajstić information content (AvgIpc) is 2.39. The number of aromatic nitrogens is 1. The molecule has 0 aliphatic heterocycles. The highest BCUT2D eigenvalue weighted by Crippen LogP contribution is 2.24. The van der Waals surface area contributed by atoms with Crippen molar-refractivity contribution in [3.05, 3.63) is 63.9 Å². The first-order valence-corrected chi connectivity index (χ1v) is 6.61. The lowest BCUT2D eigenvalue weighted by atomic mass is 10.0. The van der Waals surface area contributed by atoms with Gasteiger partial charge in [0.1, 0.15) is 11.6 Å². The SMILES string of the molecule is CNC(Cc1cc(F)ccc1Br)c1cncc(F)c1. The van der Waals surface area contributed by atoms with Crippen LogP contribution in [0.25, 0.3) is 0 Å². The molecule has 1 aromatic heterocycles. The molecule has 0 spiro atoms. The predicted octanol–water partition coefficient (Wildman–Crippen LogP) is 3.63. The predicted molar refractivity (Wildman–Crippen MR) is 73.8 cm³/mol. The van der Waals surface area contributed by atoms with Gasteiger partial charge >= 0.3 is 0 Å². The molecular formula is C14H13BrF2N2. The van der Waals surface area contributed by atoms with Gasteiger partial charge in [0.25, 0.3) is 0 Å². The van der Waals surface area contributed by atoms with Crippen molar-refractivity contribution in [3.63, 3.8) is 0 Å². The Kier molecular flexibility index (Phi) is 4.61. The highest BCUT2D eigenvalue weighted by Gasteiger charge is 2.13. The third-order valence-electron chi connectivity index (χ3n) is 2.91. The molecule has 2 nitrogen and oxygen atoms in total. The van der Waals surface area contributed by atoms with Crippen molar-refractivity contribution < 1.29 is 8.78 Å². The molecule has 0 amide bonds. The highest BCUT2D eigenvalue weighted by atomic mass is 79.9. The van der Waals surface area contributed by atoms with Gasteiger partial charge in [0.05, 0.1) is 6.20 Å². The summed E-state index contributed by atoms with van der Waals surface area (Å²) in [5.41, 5.74) is 1.56. The molecule has 1 heterocycles. The number of halogens is 3. The van der Waals surface area contributed by atoms with E-state index in [1.54, 1.807) is 19.3 Å². The molecule has 0 fully saturated rings. The van der Waals surface area contributed by atoms with E-state index in [1.165, 1.54) is 18.2 Å². The molecule has 19 heavy (non-hydrogen) atoms. The Bertz CT molecular complexity index is 575. The second kappa shape index (κ2) is 6.21. The van der Waals surface area contributed by atoms with Gasteiger partial charge in [0.2, 0.25) is 0 Å². The van der Waals surface area contributed by atoms with Crippen molar-refractivity contribution in [2.24, 2.45) is 0 Å². The van der Waals surface area contributed by atoms with E-state index < -0.39 is 0 Å². The first-order chi connectivity index (χ1) is 9.10. The van der Waals surface area contributed by atoms with Crippen LogP contribution in [0.2, 0.25) is 0 Å². The van der Waals surface area contributed by atoms with Crippen LogP contribution in [-0.4, -0.2) is 12.0 Å². The van der Waals surface area contributed by atoms with E-state index in [0.717, 1.165) is 21.8 Å². The van der Waals surface area contributed by atoms with Gasteiger partial charge in [0.15, 0.2) is 0 Å². The van der Waals surface area contributed by atoms with Crippen LogP contribution in [0.1, 0.15) is 17.2 Å². The number of likely N-dealkylation sites (N-methyl/N-ethyl adjacent to an activating group) is 1. The van der Waals surface area contributed by atoms with E-state index in [2.05, 4.69) is 26.2 Å². The lowest BCUT2D eigenvalue weighted by Gasteiger charge is -2.17. The van der Waals surface area contributed by atoms with E-state index in [4.69, 9.17) is 0 Å². The Labute approximate surface area is 119 Å². The molecule has 0 saturated heterocycles. The number of rotatable bonds is 4. The second-order valence-corrected chi connectivity index (χ2v) is 5.07. The van der Waals surface area contributed by atoms with Crippen molar-refractivity contribution in [2.45, 2.75) is 12.5 Å². The minimum absolute atomic E-state index is 0.124. The molecule has 1 unspecified atom stereocenters. The molecular weight excluding hydrogens is 314 g/mol. The zero-order valence-corrected chi connectivity index (χ0v) is 11.9.